The highest BCUT2D eigenvalue weighted by Gasteiger charge is 2.17. The van der Waals surface area contributed by atoms with Crippen molar-refractivity contribution in [2.75, 3.05) is 5.32 Å². The normalized spacial score (nSPS) is 12.1. The highest BCUT2D eigenvalue weighted by atomic mass is 19.1. The minimum absolute atomic E-state index is 0.0777. The minimum atomic E-state index is -1.29. The van der Waals surface area contributed by atoms with Crippen LogP contribution in [0.4, 0.5) is 10.1 Å². The maximum Gasteiger partial charge on any atom is 0.340 e. The Morgan fingerprint density at radius 3 is 2.84 bits per heavy atom. The Hall–Kier alpha value is -2.30. The van der Waals surface area contributed by atoms with E-state index >= 15 is 0 Å². The van der Waals surface area contributed by atoms with E-state index in [9.17, 15) is 9.18 Å². The summed E-state index contributed by atoms with van der Waals surface area (Å²) in [7, 11) is 0. The van der Waals surface area contributed by atoms with E-state index < -0.39 is 11.8 Å². The van der Waals surface area contributed by atoms with Gasteiger partial charge >= 0.3 is 5.97 Å². The van der Waals surface area contributed by atoms with E-state index in [1.807, 2.05) is 13.0 Å². The number of rotatable bonds is 5. The largest absolute Gasteiger partial charge is 0.478 e. The van der Waals surface area contributed by atoms with Gasteiger partial charge in [-0.25, -0.2) is 9.18 Å². The summed E-state index contributed by atoms with van der Waals surface area (Å²) >= 11 is 0. The zero-order chi connectivity index (χ0) is 13.8. The number of hydrogen-bond donors (Lipinski definition) is 2. The highest BCUT2D eigenvalue weighted by molar-refractivity contribution is 5.94. The van der Waals surface area contributed by atoms with Gasteiger partial charge in [-0.05, 0) is 31.2 Å². The van der Waals surface area contributed by atoms with Crippen molar-refractivity contribution < 1.29 is 18.7 Å². The lowest BCUT2D eigenvalue weighted by Crippen LogP contribution is -2.20. The molecular weight excluding hydrogens is 249 g/mol. The van der Waals surface area contributed by atoms with Crippen molar-refractivity contribution in [2.24, 2.45) is 0 Å². The SMILES string of the molecule is CC(Cc1ccco1)Nc1cccc(F)c1C(=O)O. The van der Waals surface area contributed by atoms with Gasteiger partial charge in [0, 0.05) is 12.5 Å². The summed E-state index contributed by atoms with van der Waals surface area (Å²) in [4.78, 5) is 11.0. The van der Waals surface area contributed by atoms with Crippen molar-refractivity contribution in [2.45, 2.75) is 19.4 Å². The average Bonchev–Trinajstić information content (AvgIpc) is 2.81. The molecule has 5 heteroatoms. The number of benzene rings is 1. The molecule has 100 valence electrons. The molecule has 0 radical (unpaired) electrons. The van der Waals surface area contributed by atoms with Gasteiger partial charge in [-0.3, -0.25) is 0 Å². The van der Waals surface area contributed by atoms with E-state index in [0.717, 1.165) is 11.8 Å². The molecule has 1 heterocycles. The van der Waals surface area contributed by atoms with Crippen LogP contribution in [-0.4, -0.2) is 17.1 Å². The third-order valence-corrected chi connectivity index (χ3v) is 2.72. The quantitative estimate of drug-likeness (QED) is 0.869. The van der Waals surface area contributed by atoms with E-state index in [-0.39, 0.29) is 17.3 Å². The van der Waals surface area contributed by atoms with Gasteiger partial charge in [-0.1, -0.05) is 6.07 Å². The number of carboxylic acids is 1. The zero-order valence-corrected chi connectivity index (χ0v) is 10.4. The number of carbonyl (C=O) groups is 1. The standard InChI is InChI=1S/C14H14FNO3/c1-9(8-10-4-3-7-19-10)16-12-6-2-5-11(15)13(12)14(17)18/h2-7,9,16H,8H2,1H3,(H,17,18). The lowest BCUT2D eigenvalue weighted by molar-refractivity contribution is 0.0693. The summed E-state index contributed by atoms with van der Waals surface area (Å²) in [5.41, 5.74) is -0.0691. The Morgan fingerprint density at radius 2 is 2.21 bits per heavy atom. The minimum Gasteiger partial charge on any atom is -0.478 e. The van der Waals surface area contributed by atoms with Crippen molar-refractivity contribution in [1.29, 1.82) is 0 Å². The molecule has 19 heavy (non-hydrogen) atoms. The molecule has 0 saturated carbocycles. The molecule has 2 rings (SSSR count). The third-order valence-electron chi connectivity index (χ3n) is 2.72. The predicted molar refractivity (Wildman–Crippen MR) is 68.9 cm³/mol. The molecule has 4 nitrogen and oxygen atoms in total. The molecule has 0 aliphatic rings. The maximum atomic E-state index is 13.5. The van der Waals surface area contributed by atoms with E-state index in [2.05, 4.69) is 5.32 Å². The molecule has 2 aromatic rings. The first-order valence-electron chi connectivity index (χ1n) is 5.88. The van der Waals surface area contributed by atoms with Gasteiger partial charge in [0.05, 0.1) is 12.0 Å². The highest BCUT2D eigenvalue weighted by Crippen LogP contribution is 2.20. The third kappa shape index (κ3) is 3.13. The Morgan fingerprint density at radius 1 is 1.42 bits per heavy atom. The number of aromatic carboxylic acids is 1. The van der Waals surface area contributed by atoms with Crippen molar-refractivity contribution in [1.82, 2.24) is 0 Å². The number of anilines is 1. The van der Waals surface area contributed by atoms with Crippen LogP contribution in [-0.2, 0) is 6.42 Å². The second-order valence-electron chi connectivity index (χ2n) is 4.30. The Labute approximate surface area is 109 Å². The van der Waals surface area contributed by atoms with Gasteiger partial charge < -0.3 is 14.8 Å². The number of halogens is 1. The van der Waals surface area contributed by atoms with Crippen LogP contribution in [0.2, 0.25) is 0 Å². The van der Waals surface area contributed by atoms with Crippen LogP contribution in [0.15, 0.2) is 41.0 Å². The van der Waals surface area contributed by atoms with Crippen LogP contribution < -0.4 is 5.32 Å². The molecule has 0 spiro atoms. The summed E-state index contributed by atoms with van der Waals surface area (Å²) in [5, 5.41) is 12.0. The molecular formula is C14H14FNO3. The molecule has 0 aliphatic carbocycles. The van der Waals surface area contributed by atoms with Gasteiger partial charge in [0.25, 0.3) is 0 Å². The topological polar surface area (TPSA) is 62.5 Å². The maximum absolute atomic E-state index is 13.5. The molecule has 1 atom stereocenters. The fraction of sp³-hybridized carbons (Fsp3) is 0.214. The summed E-state index contributed by atoms with van der Waals surface area (Å²) in [5.74, 6) is -1.25. The van der Waals surface area contributed by atoms with Gasteiger partial charge in [0.2, 0.25) is 0 Å². The molecule has 2 N–H and O–H groups in total. The smallest absolute Gasteiger partial charge is 0.340 e. The van der Waals surface area contributed by atoms with Gasteiger partial charge in [0.15, 0.2) is 0 Å². The average molecular weight is 263 g/mol. The molecule has 0 fully saturated rings. The summed E-state index contributed by atoms with van der Waals surface area (Å²) in [6.07, 6.45) is 2.16. The Kier molecular flexibility index (Phi) is 3.85. The molecule has 0 aliphatic heterocycles. The van der Waals surface area contributed by atoms with Gasteiger partial charge in [-0.2, -0.15) is 0 Å². The van der Waals surface area contributed by atoms with E-state index in [0.29, 0.717) is 6.42 Å². The van der Waals surface area contributed by atoms with Crippen LogP contribution in [0.1, 0.15) is 23.0 Å². The second-order valence-corrected chi connectivity index (χ2v) is 4.30. The first kappa shape index (κ1) is 13.1. The van der Waals surface area contributed by atoms with Gasteiger partial charge in [-0.15, -0.1) is 0 Å². The summed E-state index contributed by atoms with van der Waals surface area (Å²) < 4.78 is 18.7. The number of carboxylic acid groups (broad SMARTS) is 1. The number of nitrogens with one attached hydrogen (secondary N) is 1. The van der Waals surface area contributed by atoms with E-state index in [4.69, 9.17) is 9.52 Å². The van der Waals surface area contributed by atoms with Crippen molar-refractivity contribution in [3.05, 3.63) is 53.7 Å². The summed E-state index contributed by atoms with van der Waals surface area (Å²) in [6.45, 7) is 1.87. The number of furan rings is 1. The van der Waals surface area contributed by atoms with E-state index in [1.165, 1.54) is 6.07 Å². The fourth-order valence-corrected chi connectivity index (χ4v) is 1.91. The summed E-state index contributed by atoms with van der Waals surface area (Å²) in [6, 6.07) is 7.70. The Balaban J connectivity index is 2.14. The van der Waals surface area contributed by atoms with Crippen molar-refractivity contribution in [3.63, 3.8) is 0 Å². The first-order valence-corrected chi connectivity index (χ1v) is 5.88. The monoisotopic (exact) mass is 263 g/mol. The van der Waals surface area contributed by atoms with Crippen LogP contribution in [0.5, 0.6) is 0 Å². The predicted octanol–water partition coefficient (Wildman–Crippen LogP) is 3.16. The van der Waals surface area contributed by atoms with E-state index in [1.54, 1.807) is 18.4 Å². The van der Waals surface area contributed by atoms with Crippen molar-refractivity contribution >= 4 is 11.7 Å². The molecule has 1 unspecified atom stereocenters. The molecule has 1 aromatic heterocycles. The van der Waals surface area contributed by atoms with Crippen molar-refractivity contribution in [3.8, 4) is 0 Å². The number of hydrogen-bond acceptors (Lipinski definition) is 3. The molecule has 0 amide bonds. The zero-order valence-electron chi connectivity index (χ0n) is 10.4. The fourth-order valence-electron chi connectivity index (χ4n) is 1.91. The van der Waals surface area contributed by atoms with Crippen LogP contribution >= 0.6 is 0 Å². The molecule has 0 bridgehead atoms. The Bertz CT molecular complexity index is 566. The van der Waals surface area contributed by atoms with Gasteiger partial charge in [0.1, 0.15) is 17.1 Å². The van der Waals surface area contributed by atoms with Crippen LogP contribution in [0.25, 0.3) is 0 Å². The lowest BCUT2D eigenvalue weighted by Gasteiger charge is -2.16. The second kappa shape index (κ2) is 5.56. The molecule has 1 aromatic carbocycles. The van der Waals surface area contributed by atoms with Crippen LogP contribution in [0.3, 0.4) is 0 Å². The molecule has 0 saturated heterocycles. The lowest BCUT2D eigenvalue weighted by atomic mass is 10.1. The van der Waals surface area contributed by atoms with Crippen LogP contribution in [0, 0.1) is 5.82 Å². The first-order chi connectivity index (χ1) is 9.08.